The molecule has 3 nitrogen and oxygen atoms in total. The summed E-state index contributed by atoms with van der Waals surface area (Å²) in [5.74, 6) is 0.980. The number of para-hydroxylation sites is 1. The lowest BCUT2D eigenvalue weighted by Gasteiger charge is -2.12. The average molecular weight is 382 g/mol. The number of hydrogen-bond donors (Lipinski definition) is 0. The maximum atomic E-state index is 14.7. The molecule has 29 heavy (non-hydrogen) atoms. The van der Waals surface area contributed by atoms with Crippen LogP contribution in [0.3, 0.4) is 0 Å². The Kier molecular flexibility index (Phi) is 4.24. The van der Waals surface area contributed by atoms with E-state index < -0.39 is 0 Å². The lowest BCUT2D eigenvalue weighted by molar-refractivity contribution is 0.419. The molecule has 0 N–H and O–H groups in total. The van der Waals surface area contributed by atoms with Gasteiger partial charge in [0, 0.05) is 0 Å². The number of nitrogens with zero attached hydrogens (tertiary/aromatic N) is 2. The molecule has 1 heterocycles. The van der Waals surface area contributed by atoms with Crippen LogP contribution in [0.2, 0.25) is 0 Å². The van der Waals surface area contributed by atoms with Crippen LogP contribution in [0.5, 0.6) is 5.75 Å². The Balaban J connectivity index is 1.78. The molecular formula is C25H19FN2O. The van der Waals surface area contributed by atoms with Gasteiger partial charge >= 0.3 is 0 Å². The summed E-state index contributed by atoms with van der Waals surface area (Å²) >= 11 is 0. The number of ether oxygens (including phenoxy) is 1. The van der Waals surface area contributed by atoms with Crippen molar-refractivity contribution in [3.8, 4) is 17.1 Å². The van der Waals surface area contributed by atoms with Gasteiger partial charge in [-0.2, -0.15) is 0 Å². The number of methoxy groups -OCH3 is 1. The van der Waals surface area contributed by atoms with E-state index in [2.05, 4.69) is 34.9 Å². The zero-order valence-electron chi connectivity index (χ0n) is 16.0. The zero-order valence-corrected chi connectivity index (χ0v) is 16.0. The van der Waals surface area contributed by atoms with E-state index in [4.69, 9.17) is 9.72 Å². The van der Waals surface area contributed by atoms with Crippen LogP contribution in [-0.4, -0.2) is 16.7 Å². The molecule has 5 rings (SSSR count). The summed E-state index contributed by atoms with van der Waals surface area (Å²) in [6.45, 7) is 0.578. The molecule has 0 unspecified atom stereocenters. The number of aromatic nitrogens is 2. The summed E-state index contributed by atoms with van der Waals surface area (Å²) in [6, 6.07) is 27.1. The highest BCUT2D eigenvalue weighted by atomic mass is 19.1. The SMILES string of the molecule is COc1cccc2c1nc(-c1ccccc1F)n2Cc1cccc2ccccc12. The third-order valence-corrected chi connectivity index (χ3v) is 5.28. The molecule has 0 aliphatic heterocycles. The highest BCUT2D eigenvalue weighted by molar-refractivity contribution is 5.88. The van der Waals surface area contributed by atoms with Crippen molar-refractivity contribution in [2.24, 2.45) is 0 Å². The fourth-order valence-corrected chi connectivity index (χ4v) is 3.89. The van der Waals surface area contributed by atoms with Gasteiger partial charge in [-0.25, -0.2) is 9.37 Å². The summed E-state index contributed by atoms with van der Waals surface area (Å²) in [6.07, 6.45) is 0. The van der Waals surface area contributed by atoms with Gasteiger partial charge < -0.3 is 9.30 Å². The summed E-state index contributed by atoms with van der Waals surface area (Å²) in [5, 5.41) is 2.36. The van der Waals surface area contributed by atoms with Crippen LogP contribution < -0.4 is 4.74 Å². The fourth-order valence-electron chi connectivity index (χ4n) is 3.89. The smallest absolute Gasteiger partial charge is 0.146 e. The van der Waals surface area contributed by atoms with Crippen molar-refractivity contribution < 1.29 is 9.13 Å². The standard InChI is InChI=1S/C25H19FN2O/c1-29-23-15-7-14-22-24(23)27-25(20-12-4-5-13-21(20)26)28(22)16-18-10-6-9-17-8-2-3-11-19(17)18/h2-15H,16H2,1H3. The molecule has 142 valence electrons. The molecule has 5 aromatic rings. The Bertz CT molecular complexity index is 1330. The van der Waals surface area contributed by atoms with Crippen LogP contribution >= 0.6 is 0 Å². The third kappa shape index (κ3) is 2.93. The summed E-state index contributed by atoms with van der Waals surface area (Å²) < 4.78 is 22.3. The Hall–Kier alpha value is -3.66. The predicted molar refractivity (Wildman–Crippen MR) is 115 cm³/mol. The van der Waals surface area contributed by atoms with Crippen LogP contribution in [0, 0.1) is 5.82 Å². The first-order chi connectivity index (χ1) is 14.3. The van der Waals surface area contributed by atoms with Crippen molar-refractivity contribution >= 4 is 21.8 Å². The highest BCUT2D eigenvalue weighted by Crippen LogP contribution is 2.33. The van der Waals surface area contributed by atoms with Crippen LogP contribution in [0.1, 0.15) is 5.56 Å². The quantitative estimate of drug-likeness (QED) is 0.378. The van der Waals surface area contributed by atoms with E-state index in [1.54, 1.807) is 19.2 Å². The number of rotatable bonds is 4. The molecule has 0 bridgehead atoms. The second-order valence-corrected chi connectivity index (χ2v) is 6.97. The predicted octanol–water partition coefficient (Wildman–Crippen LogP) is 6.05. The van der Waals surface area contributed by atoms with Gasteiger partial charge in [-0.1, -0.05) is 60.7 Å². The molecule has 0 fully saturated rings. The number of fused-ring (bicyclic) bond motifs is 2. The minimum Gasteiger partial charge on any atom is -0.494 e. The Morgan fingerprint density at radius 2 is 1.62 bits per heavy atom. The van der Waals surface area contributed by atoms with Crippen molar-refractivity contribution in [3.63, 3.8) is 0 Å². The summed E-state index contributed by atoms with van der Waals surface area (Å²) in [4.78, 5) is 4.79. The van der Waals surface area contributed by atoms with E-state index in [-0.39, 0.29) is 5.82 Å². The van der Waals surface area contributed by atoms with Gasteiger partial charge in [-0.15, -0.1) is 0 Å². The fraction of sp³-hybridized carbons (Fsp3) is 0.0800. The number of hydrogen-bond acceptors (Lipinski definition) is 2. The van der Waals surface area contributed by atoms with E-state index in [1.165, 1.54) is 16.8 Å². The molecule has 0 radical (unpaired) electrons. The van der Waals surface area contributed by atoms with Gasteiger partial charge in [-0.05, 0) is 40.6 Å². The third-order valence-electron chi connectivity index (χ3n) is 5.28. The van der Waals surface area contributed by atoms with Gasteiger partial charge in [-0.3, -0.25) is 0 Å². The first kappa shape index (κ1) is 17.4. The highest BCUT2D eigenvalue weighted by Gasteiger charge is 2.18. The molecular weight excluding hydrogens is 363 g/mol. The lowest BCUT2D eigenvalue weighted by atomic mass is 10.0. The van der Waals surface area contributed by atoms with Gasteiger partial charge in [0.1, 0.15) is 22.9 Å². The van der Waals surface area contributed by atoms with Gasteiger partial charge in [0.05, 0.1) is 24.7 Å². The van der Waals surface area contributed by atoms with Crippen LogP contribution in [0.4, 0.5) is 4.39 Å². The van der Waals surface area contributed by atoms with Gasteiger partial charge in [0.2, 0.25) is 0 Å². The molecule has 1 aromatic heterocycles. The molecule has 4 aromatic carbocycles. The molecule has 0 aliphatic carbocycles. The topological polar surface area (TPSA) is 27.1 Å². The number of halogens is 1. The molecule has 4 heteroatoms. The number of benzene rings is 4. The molecule has 0 amide bonds. The zero-order chi connectivity index (χ0) is 19.8. The van der Waals surface area contributed by atoms with Crippen molar-refractivity contribution in [3.05, 3.63) is 96.3 Å². The second-order valence-electron chi connectivity index (χ2n) is 6.97. The molecule has 0 aliphatic rings. The van der Waals surface area contributed by atoms with E-state index in [1.807, 2.05) is 36.4 Å². The Morgan fingerprint density at radius 3 is 2.48 bits per heavy atom. The maximum absolute atomic E-state index is 14.7. The van der Waals surface area contributed by atoms with E-state index >= 15 is 0 Å². The van der Waals surface area contributed by atoms with Crippen molar-refractivity contribution in [2.75, 3.05) is 7.11 Å². The molecule has 0 saturated carbocycles. The largest absolute Gasteiger partial charge is 0.494 e. The molecule has 0 saturated heterocycles. The molecule has 0 atom stereocenters. The summed E-state index contributed by atoms with van der Waals surface area (Å²) in [7, 11) is 1.63. The monoisotopic (exact) mass is 382 g/mol. The van der Waals surface area contributed by atoms with Gasteiger partial charge in [0.25, 0.3) is 0 Å². The second kappa shape index (κ2) is 7.06. The minimum atomic E-state index is -0.291. The van der Waals surface area contributed by atoms with Crippen LogP contribution in [0.15, 0.2) is 84.9 Å². The van der Waals surface area contributed by atoms with E-state index in [0.717, 1.165) is 16.6 Å². The van der Waals surface area contributed by atoms with Crippen molar-refractivity contribution in [1.29, 1.82) is 0 Å². The molecule has 0 spiro atoms. The van der Waals surface area contributed by atoms with Crippen molar-refractivity contribution in [1.82, 2.24) is 9.55 Å². The maximum Gasteiger partial charge on any atom is 0.146 e. The minimum absolute atomic E-state index is 0.291. The normalized spacial score (nSPS) is 11.2. The van der Waals surface area contributed by atoms with Crippen LogP contribution in [-0.2, 0) is 6.54 Å². The Morgan fingerprint density at radius 1 is 0.862 bits per heavy atom. The summed E-state index contributed by atoms with van der Waals surface area (Å²) in [5.41, 5.74) is 3.28. The van der Waals surface area contributed by atoms with E-state index in [0.29, 0.717) is 23.7 Å². The first-order valence-corrected chi connectivity index (χ1v) is 9.51. The van der Waals surface area contributed by atoms with Gasteiger partial charge in [0.15, 0.2) is 0 Å². The lowest BCUT2D eigenvalue weighted by Crippen LogP contribution is -2.04. The first-order valence-electron chi connectivity index (χ1n) is 9.51. The average Bonchev–Trinajstić information content (AvgIpc) is 3.12. The van der Waals surface area contributed by atoms with Crippen molar-refractivity contribution in [2.45, 2.75) is 6.54 Å². The van der Waals surface area contributed by atoms with E-state index in [9.17, 15) is 4.39 Å². The number of imidazole rings is 1. The Labute approximate surface area is 168 Å². The van der Waals surface area contributed by atoms with Crippen LogP contribution in [0.25, 0.3) is 33.2 Å².